The fourth-order valence-corrected chi connectivity index (χ4v) is 4.53. The molecule has 0 saturated carbocycles. The van der Waals surface area contributed by atoms with Crippen molar-refractivity contribution in [1.82, 2.24) is 0 Å². The predicted octanol–water partition coefficient (Wildman–Crippen LogP) is 1.55. The van der Waals surface area contributed by atoms with E-state index < -0.39 is 30.4 Å². The predicted molar refractivity (Wildman–Crippen MR) is 67.9 cm³/mol. The molecule has 0 unspecified atom stereocenters. The van der Waals surface area contributed by atoms with Crippen LogP contribution in [0.25, 0.3) is 0 Å². The van der Waals surface area contributed by atoms with Crippen LogP contribution < -0.4 is 0 Å². The van der Waals surface area contributed by atoms with Crippen LogP contribution in [-0.4, -0.2) is 28.3 Å². The number of nitrogens with zero attached hydrogens (tertiary/aromatic N) is 1. The van der Waals surface area contributed by atoms with Crippen LogP contribution in [0.3, 0.4) is 0 Å². The van der Waals surface area contributed by atoms with Crippen LogP contribution in [0.2, 0.25) is 5.02 Å². The molecule has 0 N–H and O–H groups in total. The number of rotatable bonds is 4. The molecule has 98 valence electrons. The van der Waals surface area contributed by atoms with Gasteiger partial charge in [0.05, 0.1) is 22.0 Å². The van der Waals surface area contributed by atoms with E-state index in [-0.39, 0.29) is 15.5 Å². The molecule has 0 aromatic heterocycles. The summed E-state index contributed by atoms with van der Waals surface area (Å²) in [5, 5.41) is 9.03. The Kier molecular flexibility index (Phi) is 4.61. The molecule has 0 heterocycles. The number of benzene rings is 1. The Morgan fingerprint density at radius 1 is 1.17 bits per heavy atom. The van der Waals surface area contributed by atoms with Crippen LogP contribution in [-0.2, 0) is 18.9 Å². The second-order valence-electron chi connectivity index (χ2n) is 3.31. The summed E-state index contributed by atoms with van der Waals surface area (Å²) in [5.74, 6) is -1.40. The molecule has 0 atom stereocenters. The summed E-state index contributed by atoms with van der Waals surface area (Å²) < 4.78 is 45.2. The summed E-state index contributed by atoms with van der Waals surface area (Å²) in [6, 6.07) is 5.37. The van der Waals surface area contributed by atoms with Crippen LogP contribution in [0.5, 0.6) is 0 Å². The first kappa shape index (κ1) is 15.2. The Morgan fingerprint density at radius 2 is 1.78 bits per heavy atom. The molecule has 9 heteroatoms. The summed E-state index contributed by atoms with van der Waals surface area (Å²) in [5.41, 5.74) is -0.130. The van der Waals surface area contributed by atoms with Crippen LogP contribution in [0.1, 0.15) is 5.56 Å². The van der Waals surface area contributed by atoms with E-state index in [1.165, 1.54) is 12.1 Å². The van der Waals surface area contributed by atoms with Crippen molar-refractivity contribution < 1.29 is 16.8 Å². The molecule has 18 heavy (non-hydrogen) atoms. The van der Waals surface area contributed by atoms with Gasteiger partial charge in [-0.05, 0) is 18.2 Å². The van der Waals surface area contributed by atoms with Gasteiger partial charge in [-0.3, -0.25) is 0 Å². The smallest absolute Gasteiger partial charge is 0.224 e. The molecule has 1 rings (SSSR count). The Hall–Kier alpha value is -0.810. The van der Waals surface area contributed by atoms with E-state index in [0.29, 0.717) is 0 Å². The number of sulfone groups is 1. The van der Waals surface area contributed by atoms with Gasteiger partial charge < -0.3 is 0 Å². The zero-order valence-electron chi connectivity index (χ0n) is 8.80. The third kappa shape index (κ3) is 4.14. The standard InChI is InChI=1S/C9H7Cl2NO4S2/c10-8-1-2-9(7(5-8)6-12)17(13,14)3-4-18(11,15)16/h1-2,5H,3-4H2. The zero-order valence-corrected chi connectivity index (χ0v) is 11.9. The molecule has 0 saturated heterocycles. The summed E-state index contributed by atoms with van der Waals surface area (Å²) in [6.07, 6.45) is 0. The summed E-state index contributed by atoms with van der Waals surface area (Å²) in [6.45, 7) is 0. The van der Waals surface area contributed by atoms with Gasteiger partial charge in [-0.2, -0.15) is 5.26 Å². The van der Waals surface area contributed by atoms with E-state index in [1.807, 2.05) is 0 Å². The summed E-state index contributed by atoms with van der Waals surface area (Å²) in [7, 11) is -2.86. The topological polar surface area (TPSA) is 92.1 Å². The average molecular weight is 328 g/mol. The molecule has 5 nitrogen and oxygen atoms in total. The van der Waals surface area contributed by atoms with E-state index in [4.69, 9.17) is 27.5 Å². The molecule has 0 amide bonds. The maximum absolute atomic E-state index is 11.9. The minimum Gasteiger partial charge on any atom is -0.224 e. The number of hydrogen-bond donors (Lipinski definition) is 0. The third-order valence-corrected chi connectivity index (χ3v) is 5.41. The van der Waals surface area contributed by atoms with Gasteiger partial charge >= 0.3 is 0 Å². The van der Waals surface area contributed by atoms with Crippen molar-refractivity contribution in [3.8, 4) is 6.07 Å². The fourth-order valence-electron chi connectivity index (χ4n) is 1.18. The Balaban J connectivity index is 3.18. The molecule has 0 bridgehead atoms. The van der Waals surface area contributed by atoms with Crippen LogP contribution in [0.4, 0.5) is 0 Å². The highest BCUT2D eigenvalue weighted by atomic mass is 35.7. The van der Waals surface area contributed by atoms with E-state index in [0.717, 1.165) is 6.07 Å². The number of halogens is 2. The monoisotopic (exact) mass is 327 g/mol. The minimum absolute atomic E-state index is 0.130. The van der Waals surface area contributed by atoms with E-state index in [1.54, 1.807) is 6.07 Å². The van der Waals surface area contributed by atoms with Gasteiger partial charge in [0.2, 0.25) is 9.05 Å². The van der Waals surface area contributed by atoms with E-state index >= 15 is 0 Å². The van der Waals surface area contributed by atoms with Crippen molar-refractivity contribution >= 4 is 41.2 Å². The second-order valence-corrected chi connectivity index (χ2v) is 8.72. The van der Waals surface area contributed by atoms with Crippen molar-refractivity contribution in [2.24, 2.45) is 0 Å². The molecule has 1 aromatic rings. The highest BCUT2D eigenvalue weighted by Crippen LogP contribution is 2.21. The van der Waals surface area contributed by atoms with Crippen molar-refractivity contribution in [1.29, 1.82) is 5.26 Å². The first-order valence-electron chi connectivity index (χ1n) is 4.50. The van der Waals surface area contributed by atoms with Crippen molar-refractivity contribution in [2.45, 2.75) is 4.90 Å². The van der Waals surface area contributed by atoms with Gasteiger partial charge in [0.15, 0.2) is 9.84 Å². The number of hydrogen-bond acceptors (Lipinski definition) is 5. The second kappa shape index (κ2) is 5.45. The zero-order chi connectivity index (χ0) is 14.0. The van der Waals surface area contributed by atoms with Gasteiger partial charge in [-0.15, -0.1) is 0 Å². The highest BCUT2D eigenvalue weighted by molar-refractivity contribution is 8.14. The normalized spacial score (nSPS) is 12.1. The van der Waals surface area contributed by atoms with Crippen molar-refractivity contribution in [3.63, 3.8) is 0 Å². The molecule has 0 radical (unpaired) electrons. The summed E-state index contributed by atoms with van der Waals surface area (Å²) >= 11 is 5.63. The lowest BCUT2D eigenvalue weighted by Crippen LogP contribution is -2.15. The third-order valence-electron chi connectivity index (χ3n) is 1.99. The Bertz CT molecular complexity index is 705. The minimum atomic E-state index is -3.91. The molecule has 0 aliphatic rings. The van der Waals surface area contributed by atoms with Gasteiger partial charge in [-0.25, -0.2) is 16.8 Å². The molecule has 0 fully saturated rings. The van der Waals surface area contributed by atoms with Crippen molar-refractivity contribution in [3.05, 3.63) is 28.8 Å². The average Bonchev–Trinajstić information content (AvgIpc) is 2.25. The molecular formula is C9H7Cl2NO4S2. The Morgan fingerprint density at radius 3 is 2.28 bits per heavy atom. The van der Waals surface area contributed by atoms with Crippen LogP contribution >= 0.6 is 22.3 Å². The first-order valence-corrected chi connectivity index (χ1v) is 9.01. The lowest BCUT2D eigenvalue weighted by molar-refractivity contribution is 0.592. The van der Waals surface area contributed by atoms with Gasteiger partial charge in [-0.1, -0.05) is 11.6 Å². The molecule has 0 aliphatic carbocycles. The molecular weight excluding hydrogens is 321 g/mol. The van der Waals surface area contributed by atoms with Crippen molar-refractivity contribution in [2.75, 3.05) is 11.5 Å². The Labute approximate surface area is 114 Å². The molecule has 1 aromatic carbocycles. The SMILES string of the molecule is N#Cc1cc(Cl)ccc1S(=O)(=O)CCS(=O)(=O)Cl. The summed E-state index contributed by atoms with van der Waals surface area (Å²) in [4.78, 5) is -0.255. The quantitative estimate of drug-likeness (QED) is 0.782. The maximum atomic E-state index is 11.9. The lowest BCUT2D eigenvalue weighted by atomic mass is 10.2. The van der Waals surface area contributed by atoms with Crippen LogP contribution in [0, 0.1) is 11.3 Å². The highest BCUT2D eigenvalue weighted by Gasteiger charge is 2.21. The first-order chi connectivity index (χ1) is 8.15. The van der Waals surface area contributed by atoms with E-state index in [9.17, 15) is 16.8 Å². The largest absolute Gasteiger partial charge is 0.233 e. The lowest BCUT2D eigenvalue weighted by Gasteiger charge is -2.05. The van der Waals surface area contributed by atoms with Crippen LogP contribution in [0.15, 0.2) is 23.1 Å². The molecule has 0 aliphatic heterocycles. The molecule has 0 spiro atoms. The fraction of sp³-hybridized carbons (Fsp3) is 0.222. The van der Waals surface area contributed by atoms with Gasteiger partial charge in [0, 0.05) is 15.7 Å². The number of nitriles is 1. The maximum Gasteiger partial charge on any atom is 0.233 e. The van der Waals surface area contributed by atoms with E-state index in [2.05, 4.69) is 0 Å². The van der Waals surface area contributed by atoms with Gasteiger partial charge in [0.25, 0.3) is 0 Å². The van der Waals surface area contributed by atoms with Gasteiger partial charge in [0.1, 0.15) is 6.07 Å².